The highest BCUT2D eigenvalue weighted by molar-refractivity contribution is 5.31. The van der Waals surface area contributed by atoms with Gasteiger partial charge >= 0.3 is 0 Å². The molecule has 15 heavy (non-hydrogen) atoms. The SMILES string of the molecule is [CH2]N1CCC(c2cccc(OC)c2)CC1. The van der Waals surface area contributed by atoms with Gasteiger partial charge in [-0.15, -0.1) is 0 Å². The minimum absolute atomic E-state index is 0.679. The summed E-state index contributed by atoms with van der Waals surface area (Å²) >= 11 is 0. The molecule has 2 heteroatoms. The Bertz CT molecular complexity index is 316. The van der Waals surface area contributed by atoms with E-state index in [0.29, 0.717) is 5.92 Å². The molecule has 0 aliphatic carbocycles. The summed E-state index contributed by atoms with van der Waals surface area (Å²) < 4.78 is 5.24. The highest BCUT2D eigenvalue weighted by Gasteiger charge is 2.18. The van der Waals surface area contributed by atoms with Crippen LogP contribution in [0.2, 0.25) is 0 Å². The summed E-state index contributed by atoms with van der Waals surface area (Å²) in [4.78, 5) is 2.15. The molecule has 0 atom stereocenters. The molecule has 0 saturated carbocycles. The van der Waals surface area contributed by atoms with Gasteiger partial charge in [0.1, 0.15) is 5.75 Å². The van der Waals surface area contributed by atoms with Gasteiger partial charge in [-0.25, -0.2) is 0 Å². The number of hydrogen-bond acceptors (Lipinski definition) is 2. The molecule has 1 aliphatic rings. The lowest BCUT2D eigenvalue weighted by Gasteiger charge is -2.29. The first-order chi connectivity index (χ1) is 7.29. The molecule has 0 unspecified atom stereocenters. The predicted molar refractivity (Wildman–Crippen MR) is 61.9 cm³/mol. The molecule has 0 amide bonds. The first kappa shape index (κ1) is 10.5. The van der Waals surface area contributed by atoms with Gasteiger partial charge in [0.25, 0.3) is 0 Å². The summed E-state index contributed by atoms with van der Waals surface area (Å²) in [5.74, 6) is 1.64. The van der Waals surface area contributed by atoms with Crippen molar-refractivity contribution in [2.45, 2.75) is 18.8 Å². The van der Waals surface area contributed by atoms with Crippen LogP contribution < -0.4 is 4.74 Å². The van der Waals surface area contributed by atoms with Gasteiger partial charge in [0.15, 0.2) is 0 Å². The number of hydrogen-bond donors (Lipinski definition) is 0. The second-order valence-electron chi connectivity index (χ2n) is 4.17. The van der Waals surface area contributed by atoms with Crippen LogP contribution in [-0.2, 0) is 0 Å². The van der Waals surface area contributed by atoms with Crippen LogP contribution in [0.5, 0.6) is 5.75 Å². The lowest BCUT2D eigenvalue weighted by molar-refractivity contribution is 0.280. The van der Waals surface area contributed by atoms with Crippen molar-refractivity contribution in [3.63, 3.8) is 0 Å². The van der Waals surface area contributed by atoms with Crippen molar-refractivity contribution in [2.75, 3.05) is 20.2 Å². The Labute approximate surface area is 91.9 Å². The highest BCUT2D eigenvalue weighted by Crippen LogP contribution is 2.29. The number of ether oxygens (including phenoxy) is 1. The molecule has 0 N–H and O–H groups in total. The van der Waals surface area contributed by atoms with Crippen molar-refractivity contribution in [1.29, 1.82) is 0 Å². The van der Waals surface area contributed by atoms with Crippen molar-refractivity contribution >= 4 is 0 Å². The van der Waals surface area contributed by atoms with Crippen LogP contribution in [0.25, 0.3) is 0 Å². The van der Waals surface area contributed by atoms with Crippen molar-refractivity contribution in [3.8, 4) is 5.75 Å². The maximum Gasteiger partial charge on any atom is 0.119 e. The topological polar surface area (TPSA) is 12.5 Å². The molecular formula is C13H18NO. The molecule has 1 saturated heterocycles. The largest absolute Gasteiger partial charge is 0.497 e. The Balaban J connectivity index is 2.08. The third-order valence-corrected chi connectivity index (χ3v) is 3.15. The lowest BCUT2D eigenvalue weighted by Crippen LogP contribution is -2.27. The monoisotopic (exact) mass is 204 g/mol. The van der Waals surface area contributed by atoms with Crippen LogP contribution in [0.4, 0.5) is 0 Å². The molecule has 0 aromatic heterocycles. The summed E-state index contributed by atoms with van der Waals surface area (Å²) in [6, 6.07) is 8.43. The molecule has 2 rings (SSSR count). The van der Waals surface area contributed by atoms with E-state index >= 15 is 0 Å². The number of methoxy groups -OCH3 is 1. The Morgan fingerprint density at radius 2 is 2.07 bits per heavy atom. The molecule has 2 nitrogen and oxygen atoms in total. The lowest BCUT2D eigenvalue weighted by atomic mass is 9.89. The van der Waals surface area contributed by atoms with E-state index in [4.69, 9.17) is 4.74 Å². The van der Waals surface area contributed by atoms with Crippen LogP contribution >= 0.6 is 0 Å². The Kier molecular flexibility index (Phi) is 3.27. The highest BCUT2D eigenvalue weighted by atomic mass is 16.5. The molecular weight excluding hydrogens is 186 g/mol. The third-order valence-electron chi connectivity index (χ3n) is 3.15. The second kappa shape index (κ2) is 4.67. The molecule has 0 bridgehead atoms. The third kappa shape index (κ3) is 2.51. The first-order valence-electron chi connectivity index (χ1n) is 5.49. The minimum atomic E-state index is 0.679. The van der Waals surface area contributed by atoms with Crippen molar-refractivity contribution < 1.29 is 4.74 Å². The fourth-order valence-corrected chi connectivity index (χ4v) is 2.16. The van der Waals surface area contributed by atoms with Gasteiger partial charge in [-0.2, -0.15) is 0 Å². The van der Waals surface area contributed by atoms with E-state index in [9.17, 15) is 0 Å². The second-order valence-corrected chi connectivity index (χ2v) is 4.17. The van der Waals surface area contributed by atoms with Gasteiger partial charge in [0.05, 0.1) is 7.11 Å². The number of benzene rings is 1. The summed E-state index contributed by atoms with van der Waals surface area (Å²) in [7, 11) is 5.69. The fourth-order valence-electron chi connectivity index (χ4n) is 2.16. The summed E-state index contributed by atoms with van der Waals surface area (Å²) in [6.45, 7) is 2.20. The van der Waals surface area contributed by atoms with Crippen LogP contribution in [-0.4, -0.2) is 25.1 Å². The molecule has 81 valence electrons. The predicted octanol–water partition coefficient (Wildman–Crippen LogP) is 2.67. The number of nitrogens with zero attached hydrogens (tertiary/aromatic N) is 1. The molecule has 1 aliphatic heterocycles. The molecule has 1 radical (unpaired) electrons. The van der Waals surface area contributed by atoms with Crippen molar-refractivity contribution in [1.82, 2.24) is 4.90 Å². The zero-order valence-corrected chi connectivity index (χ0v) is 9.28. The molecule has 0 spiro atoms. The zero-order chi connectivity index (χ0) is 10.7. The van der Waals surface area contributed by atoms with Gasteiger partial charge < -0.3 is 9.64 Å². The zero-order valence-electron chi connectivity index (χ0n) is 9.28. The molecule has 1 aromatic carbocycles. The van der Waals surface area contributed by atoms with Gasteiger partial charge in [0.2, 0.25) is 0 Å². The first-order valence-corrected chi connectivity index (χ1v) is 5.49. The van der Waals surface area contributed by atoms with E-state index in [1.165, 1.54) is 18.4 Å². The van der Waals surface area contributed by atoms with E-state index in [2.05, 4.69) is 30.1 Å². The molecule has 1 fully saturated rings. The summed E-state index contributed by atoms with van der Waals surface area (Å²) in [6.07, 6.45) is 2.41. The van der Waals surface area contributed by atoms with Crippen LogP contribution in [0.3, 0.4) is 0 Å². The van der Waals surface area contributed by atoms with Gasteiger partial charge in [-0.05, 0) is 49.5 Å². The van der Waals surface area contributed by atoms with E-state index < -0.39 is 0 Å². The van der Waals surface area contributed by atoms with E-state index in [-0.39, 0.29) is 0 Å². The fraction of sp³-hybridized carbons (Fsp3) is 0.462. The number of likely N-dealkylation sites (tertiary alicyclic amines) is 1. The maximum absolute atomic E-state index is 5.24. The van der Waals surface area contributed by atoms with Gasteiger partial charge in [-0.1, -0.05) is 12.1 Å². The van der Waals surface area contributed by atoms with E-state index in [0.717, 1.165) is 18.8 Å². The summed E-state index contributed by atoms with van der Waals surface area (Å²) in [5, 5.41) is 0. The Morgan fingerprint density at radius 1 is 1.33 bits per heavy atom. The smallest absolute Gasteiger partial charge is 0.119 e. The Hall–Kier alpha value is -1.02. The molecule has 1 aromatic rings. The van der Waals surface area contributed by atoms with Crippen LogP contribution in [0.1, 0.15) is 24.3 Å². The maximum atomic E-state index is 5.24. The number of rotatable bonds is 2. The quantitative estimate of drug-likeness (QED) is 0.734. The number of piperidine rings is 1. The van der Waals surface area contributed by atoms with Crippen LogP contribution in [0.15, 0.2) is 24.3 Å². The van der Waals surface area contributed by atoms with Gasteiger partial charge in [-0.3, -0.25) is 0 Å². The van der Waals surface area contributed by atoms with Gasteiger partial charge in [0, 0.05) is 7.05 Å². The average Bonchev–Trinajstić information content (AvgIpc) is 2.30. The summed E-state index contributed by atoms with van der Waals surface area (Å²) in [5.41, 5.74) is 1.41. The normalized spacial score (nSPS) is 19.1. The standard InChI is InChI=1S/C13H18NO/c1-14-8-6-11(7-9-14)12-4-3-5-13(10-12)15-2/h3-5,10-11H,1,6-9H2,2H3. The van der Waals surface area contributed by atoms with Crippen molar-refractivity contribution in [3.05, 3.63) is 36.9 Å². The van der Waals surface area contributed by atoms with Crippen molar-refractivity contribution in [2.24, 2.45) is 0 Å². The van der Waals surface area contributed by atoms with E-state index in [1.54, 1.807) is 7.11 Å². The average molecular weight is 204 g/mol. The minimum Gasteiger partial charge on any atom is -0.497 e. The Morgan fingerprint density at radius 3 is 2.73 bits per heavy atom. The van der Waals surface area contributed by atoms with E-state index in [1.807, 2.05) is 6.07 Å². The van der Waals surface area contributed by atoms with Crippen LogP contribution in [0, 0.1) is 7.05 Å². The molecule has 1 heterocycles.